The van der Waals surface area contributed by atoms with Crippen molar-refractivity contribution in [2.45, 2.75) is 65.3 Å². The summed E-state index contributed by atoms with van der Waals surface area (Å²) in [6, 6.07) is 0.749. The smallest absolute Gasteiger partial charge is 0.0104 e. The highest BCUT2D eigenvalue weighted by Gasteiger charge is 2.16. The van der Waals surface area contributed by atoms with Crippen LogP contribution in [-0.4, -0.2) is 24.0 Å². The molecule has 1 aliphatic heterocycles. The van der Waals surface area contributed by atoms with Crippen molar-refractivity contribution in [1.29, 1.82) is 0 Å². The van der Waals surface area contributed by atoms with Gasteiger partial charge in [0.2, 0.25) is 0 Å². The maximum Gasteiger partial charge on any atom is 0.0104 e. The molecule has 1 nitrogen and oxygen atoms in total. The summed E-state index contributed by atoms with van der Waals surface area (Å²) in [6.07, 6.45) is 10.5. The van der Waals surface area contributed by atoms with Crippen LogP contribution in [0.25, 0.3) is 0 Å². The fourth-order valence-electron chi connectivity index (χ4n) is 2.43. The van der Waals surface area contributed by atoms with Gasteiger partial charge in [0.25, 0.3) is 0 Å². The molecule has 1 heterocycles. The predicted molar refractivity (Wildman–Crippen MR) is 68.2 cm³/mol. The van der Waals surface area contributed by atoms with Gasteiger partial charge >= 0.3 is 0 Å². The molecule has 0 aromatic carbocycles. The van der Waals surface area contributed by atoms with Gasteiger partial charge in [-0.3, -0.25) is 0 Å². The van der Waals surface area contributed by atoms with E-state index >= 15 is 0 Å². The standard InChI is InChI=1S/C14H27N/c1-4-5-9-13(2)12-14(3)15-10-7-6-8-11-15/h9,14H,4-8,10-12H2,1-3H3. The van der Waals surface area contributed by atoms with Crippen LogP contribution in [0.5, 0.6) is 0 Å². The number of hydrogen-bond donors (Lipinski definition) is 0. The highest BCUT2D eigenvalue weighted by atomic mass is 15.1. The van der Waals surface area contributed by atoms with Crippen LogP contribution in [0.1, 0.15) is 59.3 Å². The van der Waals surface area contributed by atoms with Crippen LogP contribution in [0, 0.1) is 0 Å². The highest BCUT2D eigenvalue weighted by Crippen LogP contribution is 2.17. The first-order chi connectivity index (χ1) is 7.24. The normalized spacial score (nSPS) is 21.7. The van der Waals surface area contributed by atoms with Crippen LogP contribution in [0.3, 0.4) is 0 Å². The number of unbranched alkanes of at least 4 members (excludes halogenated alkanes) is 1. The zero-order valence-corrected chi connectivity index (χ0v) is 10.8. The summed E-state index contributed by atoms with van der Waals surface area (Å²) >= 11 is 0. The summed E-state index contributed by atoms with van der Waals surface area (Å²) in [7, 11) is 0. The molecule has 0 aromatic rings. The minimum absolute atomic E-state index is 0.749. The van der Waals surface area contributed by atoms with Gasteiger partial charge in [-0.1, -0.05) is 31.4 Å². The molecule has 0 radical (unpaired) electrons. The third kappa shape index (κ3) is 4.83. The summed E-state index contributed by atoms with van der Waals surface area (Å²) in [5.41, 5.74) is 1.58. The first kappa shape index (κ1) is 12.8. The molecule has 0 bridgehead atoms. The van der Waals surface area contributed by atoms with Crippen LogP contribution < -0.4 is 0 Å². The Bertz CT molecular complexity index is 190. The van der Waals surface area contributed by atoms with Crippen LogP contribution in [0.4, 0.5) is 0 Å². The molecule has 0 saturated carbocycles. The molecule has 1 rings (SSSR count). The molecule has 1 fully saturated rings. The summed E-state index contributed by atoms with van der Waals surface area (Å²) in [5.74, 6) is 0. The summed E-state index contributed by atoms with van der Waals surface area (Å²) in [4.78, 5) is 2.66. The molecule has 0 N–H and O–H groups in total. The molecule has 1 aliphatic rings. The summed E-state index contributed by atoms with van der Waals surface area (Å²) < 4.78 is 0. The predicted octanol–water partition coefficient (Wildman–Crippen LogP) is 4.00. The fourth-order valence-corrected chi connectivity index (χ4v) is 2.43. The third-order valence-electron chi connectivity index (χ3n) is 3.41. The van der Waals surface area contributed by atoms with E-state index in [4.69, 9.17) is 0 Å². The van der Waals surface area contributed by atoms with Crippen LogP contribution in [0.15, 0.2) is 11.6 Å². The van der Waals surface area contributed by atoms with Gasteiger partial charge in [0.05, 0.1) is 0 Å². The lowest BCUT2D eigenvalue weighted by molar-refractivity contribution is 0.173. The molecule has 0 aromatic heterocycles. The Morgan fingerprint density at radius 3 is 2.53 bits per heavy atom. The van der Waals surface area contributed by atoms with E-state index in [1.54, 1.807) is 5.57 Å². The SMILES string of the molecule is CCCC=C(C)CC(C)N1CCCCC1. The molecule has 1 saturated heterocycles. The van der Waals surface area contributed by atoms with E-state index in [9.17, 15) is 0 Å². The molecule has 0 aliphatic carbocycles. The molecular formula is C14H27N. The van der Waals surface area contributed by atoms with Gasteiger partial charge in [0, 0.05) is 6.04 Å². The molecular weight excluding hydrogens is 182 g/mol. The lowest BCUT2D eigenvalue weighted by atomic mass is 10.0. The molecule has 15 heavy (non-hydrogen) atoms. The van der Waals surface area contributed by atoms with Crippen molar-refractivity contribution in [3.63, 3.8) is 0 Å². The second-order valence-electron chi connectivity index (χ2n) is 4.99. The maximum atomic E-state index is 2.66. The van der Waals surface area contributed by atoms with Gasteiger partial charge in [0.1, 0.15) is 0 Å². The fraction of sp³-hybridized carbons (Fsp3) is 0.857. The Hall–Kier alpha value is -0.300. The third-order valence-corrected chi connectivity index (χ3v) is 3.41. The van der Waals surface area contributed by atoms with E-state index in [1.807, 2.05) is 0 Å². The number of allylic oxidation sites excluding steroid dienone is 1. The Kier molecular flexibility index (Phi) is 6.00. The van der Waals surface area contributed by atoms with E-state index in [0.717, 1.165) is 6.04 Å². The van der Waals surface area contributed by atoms with Crippen molar-refractivity contribution >= 4 is 0 Å². The minimum atomic E-state index is 0.749. The van der Waals surface area contributed by atoms with E-state index in [1.165, 1.54) is 51.6 Å². The number of likely N-dealkylation sites (tertiary alicyclic amines) is 1. The molecule has 1 heteroatoms. The molecule has 0 spiro atoms. The summed E-state index contributed by atoms with van der Waals surface area (Å²) in [5, 5.41) is 0. The van der Waals surface area contributed by atoms with Gasteiger partial charge in [0.15, 0.2) is 0 Å². The van der Waals surface area contributed by atoms with Crippen molar-refractivity contribution in [1.82, 2.24) is 4.90 Å². The second-order valence-corrected chi connectivity index (χ2v) is 4.99. The quantitative estimate of drug-likeness (QED) is 0.619. The first-order valence-electron chi connectivity index (χ1n) is 6.63. The van der Waals surface area contributed by atoms with E-state index in [2.05, 4.69) is 31.7 Å². The van der Waals surface area contributed by atoms with Crippen molar-refractivity contribution in [2.75, 3.05) is 13.1 Å². The number of nitrogens with zero attached hydrogens (tertiary/aromatic N) is 1. The van der Waals surface area contributed by atoms with E-state index < -0.39 is 0 Å². The number of piperidine rings is 1. The van der Waals surface area contributed by atoms with Crippen LogP contribution in [0.2, 0.25) is 0 Å². The Morgan fingerprint density at radius 2 is 1.93 bits per heavy atom. The van der Waals surface area contributed by atoms with E-state index in [-0.39, 0.29) is 0 Å². The van der Waals surface area contributed by atoms with Gasteiger partial charge in [-0.15, -0.1) is 0 Å². The van der Waals surface area contributed by atoms with Crippen molar-refractivity contribution in [3.05, 3.63) is 11.6 Å². The van der Waals surface area contributed by atoms with Crippen LogP contribution >= 0.6 is 0 Å². The zero-order valence-electron chi connectivity index (χ0n) is 10.8. The van der Waals surface area contributed by atoms with Crippen LogP contribution in [-0.2, 0) is 0 Å². The number of rotatable bonds is 5. The second kappa shape index (κ2) is 7.05. The van der Waals surface area contributed by atoms with Gasteiger partial charge in [-0.2, -0.15) is 0 Å². The molecule has 1 atom stereocenters. The summed E-state index contributed by atoms with van der Waals surface area (Å²) in [6.45, 7) is 9.56. The number of hydrogen-bond acceptors (Lipinski definition) is 1. The molecule has 88 valence electrons. The highest BCUT2D eigenvalue weighted by molar-refractivity contribution is 5.00. The lowest BCUT2D eigenvalue weighted by Gasteiger charge is -2.32. The lowest BCUT2D eigenvalue weighted by Crippen LogP contribution is -2.37. The van der Waals surface area contributed by atoms with Gasteiger partial charge in [-0.05, 0) is 52.6 Å². The Morgan fingerprint density at radius 1 is 1.27 bits per heavy atom. The Balaban J connectivity index is 2.29. The largest absolute Gasteiger partial charge is 0.300 e. The maximum absolute atomic E-state index is 2.66. The monoisotopic (exact) mass is 209 g/mol. The average Bonchev–Trinajstić information content (AvgIpc) is 2.27. The van der Waals surface area contributed by atoms with Gasteiger partial charge in [-0.25, -0.2) is 0 Å². The van der Waals surface area contributed by atoms with Crippen molar-refractivity contribution in [3.8, 4) is 0 Å². The molecule has 1 unspecified atom stereocenters. The first-order valence-corrected chi connectivity index (χ1v) is 6.63. The minimum Gasteiger partial charge on any atom is -0.300 e. The molecule has 0 amide bonds. The average molecular weight is 209 g/mol. The van der Waals surface area contributed by atoms with Crippen molar-refractivity contribution < 1.29 is 0 Å². The Labute approximate surface area is 95.5 Å². The van der Waals surface area contributed by atoms with E-state index in [0.29, 0.717) is 0 Å². The zero-order chi connectivity index (χ0) is 11.1. The topological polar surface area (TPSA) is 3.24 Å². The van der Waals surface area contributed by atoms with Crippen molar-refractivity contribution in [2.24, 2.45) is 0 Å². The van der Waals surface area contributed by atoms with Gasteiger partial charge < -0.3 is 4.90 Å².